The van der Waals surface area contributed by atoms with Gasteiger partial charge < -0.3 is 0 Å². The van der Waals surface area contributed by atoms with Crippen LogP contribution in [-0.2, 0) is 17.9 Å². The van der Waals surface area contributed by atoms with Gasteiger partial charge in [-0.3, -0.25) is 0 Å². The molecule has 0 fully saturated rings. The van der Waals surface area contributed by atoms with Gasteiger partial charge in [0.2, 0.25) is 0 Å². The van der Waals surface area contributed by atoms with Crippen LogP contribution >= 0.6 is 0 Å². The van der Waals surface area contributed by atoms with Gasteiger partial charge in [0, 0.05) is 0 Å². The van der Waals surface area contributed by atoms with E-state index in [9.17, 15) is 0 Å². The van der Waals surface area contributed by atoms with Crippen molar-refractivity contribution in [1.82, 2.24) is 0 Å². The first-order chi connectivity index (χ1) is 5.25. The molecule has 0 aliphatic heterocycles. The molecule has 1 heteroatoms. The van der Waals surface area contributed by atoms with E-state index in [1.54, 1.807) is 0 Å². The molecule has 0 spiro atoms. The number of hydrogen-bond acceptors (Lipinski definition) is 0. The summed E-state index contributed by atoms with van der Waals surface area (Å²) >= 11 is 2.56. The van der Waals surface area contributed by atoms with Crippen LogP contribution in [0.4, 0.5) is 0 Å². The van der Waals surface area contributed by atoms with Crippen LogP contribution in [0.1, 0.15) is 30.9 Å². The van der Waals surface area contributed by atoms with Crippen molar-refractivity contribution in [3.05, 3.63) is 35.4 Å². The number of benzene rings is 1. The summed E-state index contributed by atoms with van der Waals surface area (Å²) < 4.78 is 2.09. The van der Waals surface area contributed by atoms with E-state index in [1.165, 1.54) is 11.1 Å². The standard InChI is InChI=1S/C10H12.Ru/c1-8(2)10-7-5-4-6-9(10)3;/h3-8H,1-2H3;. The maximum absolute atomic E-state index is 2.56. The van der Waals surface area contributed by atoms with Gasteiger partial charge in [0.25, 0.3) is 0 Å². The van der Waals surface area contributed by atoms with E-state index in [1.807, 2.05) is 0 Å². The summed E-state index contributed by atoms with van der Waals surface area (Å²) in [6.45, 7) is 4.43. The number of hydrogen-bond donors (Lipinski definition) is 0. The molecule has 0 amide bonds. The summed E-state index contributed by atoms with van der Waals surface area (Å²) in [4.78, 5) is 0. The van der Waals surface area contributed by atoms with E-state index < -0.39 is 0 Å². The van der Waals surface area contributed by atoms with Gasteiger partial charge in [0.05, 0.1) is 0 Å². The molecule has 1 aromatic carbocycles. The third-order valence-electron chi connectivity index (χ3n) is 1.73. The molecule has 0 radical (unpaired) electrons. The maximum atomic E-state index is 2.56. The van der Waals surface area contributed by atoms with E-state index >= 15 is 0 Å². The van der Waals surface area contributed by atoms with Crippen LogP contribution in [0.2, 0.25) is 0 Å². The van der Waals surface area contributed by atoms with Gasteiger partial charge in [-0.1, -0.05) is 0 Å². The molecule has 0 atom stereocenters. The Morgan fingerprint density at radius 1 is 1.27 bits per heavy atom. The third-order valence-corrected chi connectivity index (χ3v) is 2.27. The van der Waals surface area contributed by atoms with Gasteiger partial charge in [-0.2, -0.15) is 0 Å². The first-order valence-corrected chi connectivity index (χ1v) is 4.77. The van der Waals surface area contributed by atoms with Gasteiger partial charge in [-0.25, -0.2) is 0 Å². The molecule has 0 aromatic heterocycles. The summed E-state index contributed by atoms with van der Waals surface area (Å²) in [5.74, 6) is 0.616. The van der Waals surface area contributed by atoms with E-state index in [0.29, 0.717) is 5.92 Å². The van der Waals surface area contributed by atoms with E-state index in [-0.39, 0.29) is 0 Å². The number of rotatable bonds is 2. The molecule has 1 aromatic rings. The Hall–Kier alpha value is -0.287. The summed E-state index contributed by atoms with van der Waals surface area (Å²) in [6, 6.07) is 8.49. The van der Waals surface area contributed by atoms with Crippen LogP contribution in [0.5, 0.6) is 0 Å². The van der Waals surface area contributed by atoms with E-state index in [0.717, 1.165) is 0 Å². The van der Waals surface area contributed by atoms with Crippen molar-refractivity contribution in [3.8, 4) is 0 Å². The average molecular weight is 233 g/mol. The Kier molecular flexibility index (Phi) is 3.14. The Morgan fingerprint density at radius 2 is 1.91 bits per heavy atom. The Morgan fingerprint density at radius 3 is 2.36 bits per heavy atom. The zero-order chi connectivity index (χ0) is 8.27. The summed E-state index contributed by atoms with van der Waals surface area (Å²) in [5, 5.41) is 0. The van der Waals surface area contributed by atoms with Gasteiger partial charge in [0.15, 0.2) is 0 Å². The van der Waals surface area contributed by atoms with Crippen molar-refractivity contribution < 1.29 is 17.9 Å². The zero-order valence-corrected chi connectivity index (χ0v) is 8.56. The van der Waals surface area contributed by atoms with Crippen LogP contribution in [0, 0.1) is 0 Å². The second kappa shape index (κ2) is 3.92. The molecule has 11 heavy (non-hydrogen) atoms. The minimum absolute atomic E-state index is 0.616. The molecule has 0 unspecified atom stereocenters. The molecule has 0 heterocycles. The van der Waals surface area contributed by atoms with Crippen molar-refractivity contribution in [2.45, 2.75) is 19.8 Å². The molecular formula is C10H12Ru. The fraction of sp³-hybridized carbons (Fsp3) is 0.300. The second-order valence-electron chi connectivity index (χ2n) is 2.89. The van der Waals surface area contributed by atoms with Crippen LogP contribution in [0.15, 0.2) is 24.3 Å². The quantitative estimate of drug-likeness (QED) is 0.688. The molecule has 1 rings (SSSR count). The zero-order valence-electron chi connectivity index (χ0n) is 6.82. The predicted molar refractivity (Wildman–Crippen MR) is 45.7 cm³/mol. The molecule has 0 saturated carbocycles. The Balaban J connectivity index is 3.12. The summed E-state index contributed by atoms with van der Waals surface area (Å²) in [6.07, 6.45) is 0. The fourth-order valence-corrected chi connectivity index (χ4v) is 1.59. The molecule has 0 aliphatic carbocycles. The monoisotopic (exact) mass is 234 g/mol. The van der Waals surface area contributed by atoms with Gasteiger partial charge in [0.1, 0.15) is 0 Å². The molecule has 0 N–H and O–H groups in total. The van der Waals surface area contributed by atoms with E-state index in [2.05, 4.69) is 60.6 Å². The Bertz CT molecular complexity index is 251. The van der Waals surface area contributed by atoms with Gasteiger partial charge in [-0.05, 0) is 0 Å². The molecular weight excluding hydrogens is 221 g/mol. The van der Waals surface area contributed by atoms with Crippen molar-refractivity contribution in [2.24, 2.45) is 0 Å². The molecule has 60 valence electrons. The topological polar surface area (TPSA) is 0 Å². The van der Waals surface area contributed by atoms with Crippen molar-refractivity contribution in [1.29, 1.82) is 0 Å². The van der Waals surface area contributed by atoms with E-state index in [4.69, 9.17) is 0 Å². The molecule has 0 bridgehead atoms. The van der Waals surface area contributed by atoms with Crippen LogP contribution in [0.3, 0.4) is 0 Å². The van der Waals surface area contributed by atoms with Crippen molar-refractivity contribution in [2.75, 3.05) is 0 Å². The fourth-order valence-electron chi connectivity index (χ4n) is 1.13. The van der Waals surface area contributed by atoms with Crippen molar-refractivity contribution >= 4 is 4.61 Å². The first-order valence-electron chi connectivity index (χ1n) is 3.76. The molecule has 0 aliphatic rings. The third kappa shape index (κ3) is 2.07. The van der Waals surface area contributed by atoms with Crippen molar-refractivity contribution in [3.63, 3.8) is 0 Å². The SMILES string of the molecule is CC(C)c1ccccc1[CH]=[Ru]. The minimum atomic E-state index is 0.616. The summed E-state index contributed by atoms with van der Waals surface area (Å²) in [7, 11) is 0. The van der Waals surface area contributed by atoms with Gasteiger partial charge >= 0.3 is 77.6 Å². The van der Waals surface area contributed by atoms with Crippen LogP contribution in [-0.4, -0.2) is 4.61 Å². The molecule has 0 nitrogen and oxygen atoms in total. The van der Waals surface area contributed by atoms with Crippen LogP contribution in [0.25, 0.3) is 0 Å². The van der Waals surface area contributed by atoms with Gasteiger partial charge in [-0.15, -0.1) is 0 Å². The normalized spacial score (nSPS) is 10.2. The average Bonchev–Trinajstić information content (AvgIpc) is 2.04. The summed E-state index contributed by atoms with van der Waals surface area (Å²) in [5.41, 5.74) is 2.75. The van der Waals surface area contributed by atoms with Crippen LogP contribution < -0.4 is 0 Å². The second-order valence-corrected chi connectivity index (χ2v) is 3.39. The predicted octanol–water partition coefficient (Wildman–Crippen LogP) is 2.51. The first kappa shape index (κ1) is 8.81. The Labute approximate surface area is 77.8 Å². The molecule has 0 saturated heterocycles.